The topological polar surface area (TPSA) is 38.8 Å². The first-order chi connectivity index (χ1) is 11.4. The van der Waals surface area contributed by atoms with Gasteiger partial charge in [-0.05, 0) is 36.8 Å². The molecule has 1 aromatic rings. The minimum absolute atomic E-state index is 0.0197. The summed E-state index contributed by atoms with van der Waals surface area (Å²) in [5.74, 6) is 1.21. The molecule has 1 amide bonds. The van der Waals surface area contributed by atoms with Crippen LogP contribution in [0.25, 0.3) is 0 Å². The van der Waals surface area contributed by atoms with Crippen LogP contribution in [0.2, 0.25) is 0 Å². The van der Waals surface area contributed by atoms with Gasteiger partial charge in [-0.3, -0.25) is 4.79 Å². The van der Waals surface area contributed by atoms with E-state index in [4.69, 9.17) is 4.74 Å². The maximum absolute atomic E-state index is 12.4. The van der Waals surface area contributed by atoms with Crippen molar-refractivity contribution >= 4 is 17.7 Å². The molecule has 0 bridgehead atoms. The third-order valence-electron chi connectivity index (χ3n) is 3.45. The van der Waals surface area contributed by atoms with Gasteiger partial charge in [-0.1, -0.05) is 19.4 Å². The molecule has 1 atom stereocenters. The number of methoxy groups -OCH3 is 1. The van der Waals surface area contributed by atoms with Crippen LogP contribution < -0.4 is 9.47 Å². The van der Waals surface area contributed by atoms with Gasteiger partial charge in [0.2, 0.25) is 5.91 Å². The average molecular weight is 361 g/mol. The van der Waals surface area contributed by atoms with E-state index in [1.165, 1.54) is 13.2 Å². The molecule has 0 saturated heterocycles. The molecule has 1 aromatic carbocycles. The van der Waals surface area contributed by atoms with E-state index >= 15 is 0 Å². The standard InChI is InChI=1S/C17H25F2NO3S/c1-5-6-9-24-12(2)16(21)20(3)11-13-7-8-14(23-17(18)19)15(10-13)22-4/h7-8,10,12,17H,5-6,9,11H2,1-4H3. The number of carbonyl (C=O) groups excluding carboxylic acids is 1. The Morgan fingerprint density at radius 2 is 2.04 bits per heavy atom. The number of nitrogens with zero attached hydrogens (tertiary/aromatic N) is 1. The number of carbonyl (C=O) groups is 1. The summed E-state index contributed by atoms with van der Waals surface area (Å²) in [6.07, 6.45) is 2.20. The molecule has 0 aromatic heterocycles. The van der Waals surface area contributed by atoms with Crippen LogP contribution in [0, 0.1) is 0 Å². The van der Waals surface area contributed by atoms with Crippen molar-refractivity contribution in [1.82, 2.24) is 4.90 Å². The normalized spacial score (nSPS) is 12.1. The van der Waals surface area contributed by atoms with Crippen molar-refractivity contribution < 1.29 is 23.0 Å². The second-order valence-electron chi connectivity index (χ2n) is 5.42. The molecule has 0 spiro atoms. The summed E-state index contributed by atoms with van der Waals surface area (Å²) >= 11 is 1.65. The second-order valence-corrected chi connectivity index (χ2v) is 6.87. The average Bonchev–Trinajstić information content (AvgIpc) is 2.55. The van der Waals surface area contributed by atoms with Gasteiger partial charge in [-0.25, -0.2) is 0 Å². The number of alkyl halides is 2. The van der Waals surface area contributed by atoms with Crippen molar-refractivity contribution in [2.24, 2.45) is 0 Å². The van der Waals surface area contributed by atoms with Gasteiger partial charge in [0.05, 0.1) is 12.4 Å². The number of unbranched alkanes of at least 4 members (excludes halogenated alkanes) is 1. The van der Waals surface area contributed by atoms with Gasteiger partial charge < -0.3 is 14.4 Å². The predicted octanol–water partition coefficient (Wildman–Crippen LogP) is 4.18. The van der Waals surface area contributed by atoms with Crippen LogP contribution in [0.15, 0.2) is 18.2 Å². The number of thioether (sulfide) groups is 1. The van der Waals surface area contributed by atoms with E-state index in [2.05, 4.69) is 11.7 Å². The summed E-state index contributed by atoms with van der Waals surface area (Å²) in [6, 6.07) is 4.69. The van der Waals surface area contributed by atoms with Crippen LogP contribution in [0.1, 0.15) is 32.3 Å². The Kier molecular flexibility index (Phi) is 8.89. The largest absolute Gasteiger partial charge is 0.493 e. The lowest BCUT2D eigenvalue weighted by Crippen LogP contribution is -2.33. The van der Waals surface area contributed by atoms with Crippen molar-refractivity contribution in [3.05, 3.63) is 23.8 Å². The molecule has 1 rings (SSSR count). The molecule has 0 aliphatic carbocycles. The monoisotopic (exact) mass is 361 g/mol. The Hall–Kier alpha value is -1.50. The van der Waals surface area contributed by atoms with E-state index in [1.807, 2.05) is 6.92 Å². The van der Waals surface area contributed by atoms with Gasteiger partial charge in [0.25, 0.3) is 0 Å². The summed E-state index contributed by atoms with van der Waals surface area (Å²) in [5.41, 5.74) is 0.787. The molecule has 0 heterocycles. The number of hydrogen-bond acceptors (Lipinski definition) is 4. The van der Waals surface area contributed by atoms with E-state index in [0.717, 1.165) is 24.2 Å². The quantitative estimate of drug-likeness (QED) is 0.586. The second kappa shape index (κ2) is 10.4. The first-order valence-electron chi connectivity index (χ1n) is 7.87. The van der Waals surface area contributed by atoms with Crippen LogP contribution in [0.3, 0.4) is 0 Å². The van der Waals surface area contributed by atoms with Gasteiger partial charge in [0, 0.05) is 13.6 Å². The molecule has 136 valence electrons. The number of halogens is 2. The van der Waals surface area contributed by atoms with Gasteiger partial charge in [-0.15, -0.1) is 11.8 Å². The summed E-state index contributed by atoms with van der Waals surface area (Å²) in [6.45, 7) is 1.49. The van der Waals surface area contributed by atoms with Crippen LogP contribution in [0.4, 0.5) is 8.78 Å². The number of ether oxygens (including phenoxy) is 2. The highest BCUT2D eigenvalue weighted by molar-refractivity contribution is 8.00. The summed E-state index contributed by atoms with van der Waals surface area (Å²) in [5, 5.41) is -0.107. The fraction of sp³-hybridized carbons (Fsp3) is 0.588. The molecule has 0 radical (unpaired) electrons. The zero-order chi connectivity index (χ0) is 18.1. The van der Waals surface area contributed by atoms with Crippen molar-refractivity contribution in [1.29, 1.82) is 0 Å². The van der Waals surface area contributed by atoms with Gasteiger partial charge >= 0.3 is 6.61 Å². The van der Waals surface area contributed by atoms with Crippen LogP contribution >= 0.6 is 11.8 Å². The molecular formula is C17H25F2NO3S. The highest BCUT2D eigenvalue weighted by Gasteiger charge is 2.18. The van der Waals surface area contributed by atoms with Crippen LogP contribution in [-0.4, -0.2) is 42.6 Å². The SMILES string of the molecule is CCCCSC(C)C(=O)N(C)Cc1ccc(OC(F)F)c(OC)c1. The lowest BCUT2D eigenvalue weighted by Gasteiger charge is -2.22. The first-order valence-corrected chi connectivity index (χ1v) is 8.92. The minimum atomic E-state index is -2.91. The summed E-state index contributed by atoms with van der Waals surface area (Å²) in [7, 11) is 3.12. The molecular weight excluding hydrogens is 336 g/mol. The number of benzene rings is 1. The molecule has 0 N–H and O–H groups in total. The van der Waals surface area contributed by atoms with Crippen LogP contribution in [0.5, 0.6) is 11.5 Å². The fourth-order valence-electron chi connectivity index (χ4n) is 2.14. The maximum Gasteiger partial charge on any atom is 0.387 e. The predicted molar refractivity (Wildman–Crippen MR) is 92.9 cm³/mol. The molecule has 24 heavy (non-hydrogen) atoms. The Bertz CT molecular complexity index is 529. The molecule has 0 aliphatic rings. The third-order valence-corrected chi connectivity index (χ3v) is 4.68. The Balaban J connectivity index is 2.68. The fourth-order valence-corrected chi connectivity index (χ4v) is 3.27. The zero-order valence-corrected chi connectivity index (χ0v) is 15.4. The lowest BCUT2D eigenvalue weighted by molar-refractivity contribution is -0.129. The summed E-state index contributed by atoms with van der Waals surface area (Å²) in [4.78, 5) is 14.0. The molecule has 0 fully saturated rings. The molecule has 7 heteroatoms. The summed E-state index contributed by atoms with van der Waals surface area (Å²) < 4.78 is 34.1. The Labute approximate surface area is 146 Å². The van der Waals surface area contributed by atoms with E-state index in [-0.39, 0.29) is 22.7 Å². The highest BCUT2D eigenvalue weighted by atomic mass is 32.2. The van der Waals surface area contributed by atoms with Gasteiger partial charge in [-0.2, -0.15) is 8.78 Å². The van der Waals surface area contributed by atoms with E-state index in [0.29, 0.717) is 6.54 Å². The first kappa shape index (κ1) is 20.5. The third kappa shape index (κ3) is 6.55. The number of rotatable bonds is 10. The molecule has 4 nitrogen and oxygen atoms in total. The van der Waals surface area contributed by atoms with Crippen molar-refractivity contribution in [2.45, 2.75) is 45.1 Å². The molecule has 1 unspecified atom stereocenters. The van der Waals surface area contributed by atoms with E-state index in [9.17, 15) is 13.6 Å². The van der Waals surface area contributed by atoms with E-state index < -0.39 is 6.61 Å². The molecule has 0 aliphatic heterocycles. The van der Waals surface area contributed by atoms with Gasteiger partial charge in [0.1, 0.15) is 0 Å². The zero-order valence-electron chi connectivity index (χ0n) is 14.6. The van der Waals surface area contributed by atoms with Crippen molar-refractivity contribution in [2.75, 3.05) is 19.9 Å². The Morgan fingerprint density at radius 3 is 2.62 bits per heavy atom. The minimum Gasteiger partial charge on any atom is -0.493 e. The molecule has 0 saturated carbocycles. The Morgan fingerprint density at radius 1 is 1.33 bits per heavy atom. The van der Waals surface area contributed by atoms with Crippen LogP contribution in [-0.2, 0) is 11.3 Å². The van der Waals surface area contributed by atoms with Gasteiger partial charge in [0.15, 0.2) is 11.5 Å². The van der Waals surface area contributed by atoms with E-state index in [1.54, 1.807) is 35.8 Å². The maximum atomic E-state index is 12.4. The number of hydrogen-bond donors (Lipinski definition) is 0. The lowest BCUT2D eigenvalue weighted by atomic mass is 10.2. The van der Waals surface area contributed by atoms with Crippen molar-refractivity contribution in [3.63, 3.8) is 0 Å². The highest BCUT2D eigenvalue weighted by Crippen LogP contribution is 2.30. The van der Waals surface area contributed by atoms with Crippen molar-refractivity contribution in [3.8, 4) is 11.5 Å². The smallest absolute Gasteiger partial charge is 0.387 e. The number of amides is 1.